The summed E-state index contributed by atoms with van der Waals surface area (Å²) in [6, 6.07) is 15.9. The van der Waals surface area contributed by atoms with E-state index in [1.807, 2.05) is 48.5 Å². The Labute approximate surface area is 113 Å². The molecule has 2 aromatic rings. The van der Waals surface area contributed by atoms with Crippen LogP contribution in [0.25, 0.3) is 0 Å². The molecule has 0 aliphatic rings. The molecule has 100 valence electrons. The molecule has 0 amide bonds. The second-order valence-corrected chi connectivity index (χ2v) is 4.34. The first-order valence-corrected chi connectivity index (χ1v) is 6.35. The Hall–Kier alpha value is -1.84. The minimum atomic E-state index is 0.0759. The van der Waals surface area contributed by atoms with Crippen LogP contribution in [0.5, 0.6) is 5.75 Å². The Kier molecular flexibility index (Phi) is 4.95. The number of benzene rings is 2. The lowest BCUT2D eigenvalue weighted by atomic mass is 10.1. The minimum absolute atomic E-state index is 0.0759. The van der Waals surface area contributed by atoms with Gasteiger partial charge in [0.2, 0.25) is 0 Å². The van der Waals surface area contributed by atoms with E-state index >= 15 is 0 Å². The molecule has 0 aliphatic heterocycles. The van der Waals surface area contributed by atoms with E-state index in [0.29, 0.717) is 0 Å². The largest absolute Gasteiger partial charge is 0.496 e. The summed E-state index contributed by atoms with van der Waals surface area (Å²) in [5.41, 5.74) is 3.22. The maximum Gasteiger partial charge on any atom is 0.123 e. The van der Waals surface area contributed by atoms with Crippen LogP contribution in [0.2, 0.25) is 0 Å². The molecule has 0 saturated heterocycles. The monoisotopic (exact) mass is 257 g/mol. The summed E-state index contributed by atoms with van der Waals surface area (Å²) in [6.07, 6.45) is 0. The highest BCUT2D eigenvalue weighted by atomic mass is 16.5. The number of ether oxygens (including phenoxy) is 1. The summed E-state index contributed by atoms with van der Waals surface area (Å²) in [7, 11) is 1.68. The summed E-state index contributed by atoms with van der Waals surface area (Å²) in [4.78, 5) is 0. The fourth-order valence-electron chi connectivity index (χ4n) is 2.07. The first kappa shape index (κ1) is 13.6. The van der Waals surface area contributed by atoms with E-state index in [1.54, 1.807) is 7.11 Å². The SMILES string of the molecule is COc1ccccc1CNCc1ccccc1CO. The standard InChI is InChI=1S/C16H19NO2/c1-19-16-9-5-4-7-14(16)11-17-10-13-6-2-3-8-15(13)12-18/h2-9,17-18H,10-12H2,1H3. The first-order chi connectivity index (χ1) is 9.35. The van der Waals surface area contributed by atoms with Gasteiger partial charge in [0.05, 0.1) is 13.7 Å². The van der Waals surface area contributed by atoms with E-state index in [-0.39, 0.29) is 6.61 Å². The van der Waals surface area contributed by atoms with Crippen molar-refractivity contribution in [2.24, 2.45) is 0 Å². The predicted molar refractivity (Wildman–Crippen MR) is 75.9 cm³/mol. The Morgan fingerprint density at radius 2 is 1.47 bits per heavy atom. The summed E-state index contributed by atoms with van der Waals surface area (Å²) < 4.78 is 5.31. The highest BCUT2D eigenvalue weighted by molar-refractivity contribution is 5.33. The summed E-state index contributed by atoms with van der Waals surface area (Å²) >= 11 is 0. The fraction of sp³-hybridized carbons (Fsp3) is 0.250. The Morgan fingerprint density at radius 3 is 2.16 bits per heavy atom. The van der Waals surface area contributed by atoms with Crippen LogP contribution < -0.4 is 10.1 Å². The van der Waals surface area contributed by atoms with Crippen LogP contribution in [0.4, 0.5) is 0 Å². The Balaban J connectivity index is 1.96. The van der Waals surface area contributed by atoms with Gasteiger partial charge in [0.25, 0.3) is 0 Å². The number of aliphatic hydroxyl groups is 1. The topological polar surface area (TPSA) is 41.5 Å². The van der Waals surface area contributed by atoms with Gasteiger partial charge in [0.15, 0.2) is 0 Å². The van der Waals surface area contributed by atoms with Gasteiger partial charge in [0, 0.05) is 18.7 Å². The zero-order valence-corrected chi connectivity index (χ0v) is 11.1. The third kappa shape index (κ3) is 3.56. The quantitative estimate of drug-likeness (QED) is 0.835. The Bertz CT molecular complexity index is 478. The van der Waals surface area contributed by atoms with Gasteiger partial charge in [-0.1, -0.05) is 42.5 Å². The molecule has 0 heterocycles. The van der Waals surface area contributed by atoms with Crippen LogP contribution in [0.15, 0.2) is 48.5 Å². The van der Waals surface area contributed by atoms with Crippen molar-refractivity contribution >= 4 is 0 Å². The molecule has 0 atom stereocenters. The second kappa shape index (κ2) is 6.92. The molecule has 19 heavy (non-hydrogen) atoms. The highest BCUT2D eigenvalue weighted by Gasteiger charge is 2.03. The number of hydrogen-bond acceptors (Lipinski definition) is 3. The molecule has 0 aliphatic carbocycles. The molecule has 0 radical (unpaired) electrons. The molecule has 0 unspecified atom stereocenters. The molecule has 3 nitrogen and oxygen atoms in total. The maximum atomic E-state index is 9.27. The number of methoxy groups -OCH3 is 1. The van der Waals surface area contributed by atoms with Crippen LogP contribution in [0.3, 0.4) is 0 Å². The van der Waals surface area contributed by atoms with Crippen molar-refractivity contribution in [2.45, 2.75) is 19.7 Å². The number of rotatable bonds is 6. The summed E-state index contributed by atoms with van der Waals surface area (Å²) in [5.74, 6) is 0.894. The molecular weight excluding hydrogens is 238 g/mol. The van der Waals surface area contributed by atoms with Gasteiger partial charge < -0.3 is 15.2 Å². The maximum absolute atomic E-state index is 9.27. The van der Waals surface area contributed by atoms with E-state index in [9.17, 15) is 5.11 Å². The van der Waals surface area contributed by atoms with E-state index in [4.69, 9.17) is 4.74 Å². The average Bonchev–Trinajstić information content (AvgIpc) is 2.48. The van der Waals surface area contributed by atoms with Crippen molar-refractivity contribution in [3.05, 3.63) is 65.2 Å². The molecule has 3 heteroatoms. The fourth-order valence-corrected chi connectivity index (χ4v) is 2.07. The van der Waals surface area contributed by atoms with Gasteiger partial charge >= 0.3 is 0 Å². The highest BCUT2D eigenvalue weighted by Crippen LogP contribution is 2.17. The summed E-state index contributed by atoms with van der Waals surface area (Å²) in [6.45, 7) is 1.55. The van der Waals surface area contributed by atoms with Gasteiger partial charge in [-0.05, 0) is 17.2 Å². The lowest BCUT2D eigenvalue weighted by molar-refractivity contribution is 0.280. The molecule has 0 fully saturated rings. The van der Waals surface area contributed by atoms with Gasteiger partial charge in [-0.3, -0.25) is 0 Å². The number of para-hydroxylation sites is 1. The zero-order chi connectivity index (χ0) is 13.5. The van der Waals surface area contributed by atoms with Crippen molar-refractivity contribution in [1.29, 1.82) is 0 Å². The molecule has 0 bridgehead atoms. The second-order valence-electron chi connectivity index (χ2n) is 4.34. The van der Waals surface area contributed by atoms with Crippen LogP contribution in [0, 0.1) is 0 Å². The third-order valence-electron chi connectivity index (χ3n) is 3.11. The summed E-state index contributed by atoms with van der Waals surface area (Å²) in [5, 5.41) is 12.6. The van der Waals surface area contributed by atoms with E-state index in [2.05, 4.69) is 5.32 Å². The van der Waals surface area contributed by atoms with Gasteiger partial charge in [-0.25, -0.2) is 0 Å². The molecule has 0 saturated carbocycles. The normalized spacial score (nSPS) is 10.4. The zero-order valence-electron chi connectivity index (χ0n) is 11.1. The van der Waals surface area contributed by atoms with E-state index in [0.717, 1.165) is 35.5 Å². The lowest BCUT2D eigenvalue weighted by Gasteiger charge is -2.11. The minimum Gasteiger partial charge on any atom is -0.496 e. The van der Waals surface area contributed by atoms with Gasteiger partial charge in [0.1, 0.15) is 5.75 Å². The third-order valence-corrected chi connectivity index (χ3v) is 3.11. The predicted octanol–water partition coefficient (Wildman–Crippen LogP) is 2.48. The first-order valence-electron chi connectivity index (χ1n) is 6.35. The van der Waals surface area contributed by atoms with Crippen molar-refractivity contribution in [3.8, 4) is 5.75 Å². The van der Waals surface area contributed by atoms with E-state index in [1.165, 1.54) is 0 Å². The van der Waals surface area contributed by atoms with Crippen molar-refractivity contribution in [1.82, 2.24) is 5.32 Å². The Morgan fingerprint density at radius 1 is 0.895 bits per heavy atom. The van der Waals surface area contributed by atoms with Crippen LogP contribution in [0.1, 0.15) is 16.7 Å². The molecule has 2 aromatic carbocycles. The van der Waals surface area contributed by atoms with Crippen LogP contribution >= 0.6 is 0 Å². The van der Waals surface area contributed by atoms with Crippen LogP contribution in [-0.2, 0) is 19.7 Å². The molecule has 0 spiro atoms. The number of aliphatic hydroxyl groups excluding tert-OH is 1. The van der Waals surface area contributed by atoms with Crippen molar-refractivity contribution in [3.63, 3.8) is 0 Å². The van der Waals surface area contributed by atoms with Crippen molar-refractivity contribution < 1.29 is 9.84 Å². The number of nitrogens with one attached hydrogen (secondary N) is 1. The smallest absolute Gasteiger partial charge is 0.123 e. The molecule has 2 rings (SSSR count). The van der Waals surface area contributed by atoms with Crippen molar-refractivity contribution in [2.75, 3.05) is 7.11 Å². The lowest BCUT2D eigenvalue weighted by Crippen LogP contribution is -2.14. The molecule has 0 aromatic heterocycles. The average molecular weight is 257 g/mol. The number of hydrogen-bond donors (Lipinski definition) is 2. The van der Waals surface area contributed by atoms with Gasteiger partial charge in [-0.15, -0.1) is 0 Å². The van der Waals surface area contributed by atoms with Gasteiger partial charge in [-0.2, -0.15) is 0 Å². The molecule has 2 N–H and O–H groups in total. The molecular formula is C16H19NO2. The van der Waals surface area contributed by atoms with E-state index < -0.39 is 0 Å². The van der Waals surface area contributed by atoms with Crippen LogP contribution in [-0.4, -0.2) is 12.2 Å².